The summed E-state index contributed by atoms with van der Waals surface area (Å²) >= 11 is 1.90. The van der Waals surface area contributed by atoms with Crippen molar-refractivity contribution in [3.05, 3.63) is 36.2 Å². The summed E-state index contributed by atoms with van der Waals surface area (Å²) in [4.78, 5) is 5.64. The first kappa shape index (κ1) is 13.9. The van der Waals surface area contributed by atoms with Crippen LogP contribution in [-0.2, 0) is 0 Å². The van der Waals surface area contributed by atoms with Crippen molar-refractivity contribution in [2.45, 2.75) is 31.2 Å². The second-order valence-electron chi connectivity index (χ2n) is 5.45. The van der Waals surface area contributed by atoms with Gasteiger partial charge >= 0.3 is 0 Å². The summed E-state index contributed by atoms with van der Waals surface area (Å²) in [6.45, 7) is 7.77. The van der Waals surface area contributed by atoms with Gasteiger partial charge in [0.15, 0.2) is 0 Å². The van der Waals surface area contributed by atoms with Crippen molar-refractivity contribution in [3.63, 3.8) is 0 Å². The van der Waals surface area contributed by atoms with Crippen molar-refractivity contribution in [2.75, 3.05) is 19.6 Å². The van der Waals surface area contributed by atoms with Crippen molar-refractivity contribution >= 4 is 22.7 Å². The van der Waals surface area contributed by atoms with Crippen molar-refractivity contribution in [3.8, 4) is 0 Å². The van der Waals surface area contributed by atoms with E-state index in [2.05, 4.69) is 46.7 Å². The maximum atomic E-state index is 4.30. The zero-order chi connectivity index (χ0) is 13.9. The first-order chi connectivity index (χ1) is 9.75. The van der Waals surface area contributed by atoms with Crippen molar-refractivity contribution in [1.29, 1.82) is 0 Å². The molecule has 0 amide bonds. The Morgan fingerprint density at radius 2 is 2.25 bits per heavy atom. The monoisotopic (exact) mass is 287 g/mol. The molecule has 1 saturated heterocycles. The number of hydrogen-bond donors (Lipinski definition) is 1. The fraction of sp³-hybridized carbons (Fsp3) is 0.438. The zero-order valence-electron chi connectivity index (χ0n) is 12.1. The van der Waals surface area contributed by atoms with Crippen molar-refractivity contribution < 1.29 is 0 Å². The third kappa shape index (κ3) is 2.82. The topological polar surface area (TPSA) is 28.2 Å². The van der Waals surface area contributed by atoms with Crippen LogP contribution >= 0.6 is 11.9 Å². The fourth-order valence-corrected chi connectivity index (χ4v) is 3.94. The Bertz CT molecular complexity index is 594. The zero-order valence-corrected chi connectivity index (χ0v) is 12.9. The van der Waals surface area contributed by atoms with E-state index in [1.807, 2.05) is 24.3 Å². The van der Waals surface area contributed by atoms with Crippen LogP contribution in [-0.4, -0.2) is 35.0 Å². The summed E-state index contributed by atoms with van der Waals surface area (Å²) in [7, 11) is 0. The molecule has 1 aliphatic rings. The summed E-state index contributed by atoms with van der Waals surface area (Å²) in [6.07, 6.45) is 5.13. The van der Waals surface area contributed by atoms with E-state index in [4.69, 9.17) is 0 Å². The van der Waals surface area contributed by atoms with Crippen LogP contribution in [0.3, 0.4) is 0 Å². The van der Waals surface area contributed by atoms with Gasteiger partial charge in [-0.2, -0.15) is 0 Å². The van der Waals surface area contributed by atoms with Gasteiger partial charge in [0.1, 0.15) is 0 Å². The molecule has 1 aromatic carbocycles. The number of aryl methyl sites for hydroxylation is 1. The highest BCUT2D eigenvalue weighted by atomic mass is 32.2. The molecule has 1 N–H and O–H groups in total. The molecule has 20 heavy (non-hydrogen) atoms. The molecule has 1 aromatic heterocycles. The highest BCUT2D eigenvalue weighted by Crippen LogP contribution is 2.33. The van der Waals surface area contributed by atoms with Crippen LogP contribution in [0.5, 0.6) is 0 Å². The molecular formula is C16H21N3S. The number of benzene rings is 1. The number of nitrogens with zero attached hydrogens (tertiary/aromatic N) is 2. The number of pyridine rings is 1. The van der Waals surface area contributed by atoms with Gasteiger partial charge in [0.2, 0.25) is 0 Å². The van der Waals surface area contributed by atoms with Crippen molar-refractivity contribution in [1.82, 2.24) is 14.6 Å². The van der Waals surface area contributed by atoms with E-state index in [0.717, 1.165) is 19.6 Å². The molecule has 1 aliphatic heterocycles. The number of hydrogen-bond acceptors (Lipinski definition) is 4. The average molecular weight is 287 g/mol. The smallest absolute Gasteiger partial charge is 0.0346 e. The number of nitrogens with one attached hydrogen (secondary N) is 1. The predicted molar refractivity (Wildman–Crippen MR) is 86.0 cm³/mol. The summed E-state index contributed by atoms with van der Waals surface area (Å²) in [6, 6.07) is 7.06. The lowest BCUT2D eigenvalue weighted by Crippen LogP contribution is -2.32. The quantitative estimate of drug-likeness (QED) is 0.858. The van der Waals surface area contributed by atoms with Gasteiger partial charge in [0, 0.05) is 47.2 Å². The molecule has 3 rings (SSSR count). The molecule has 0 aliphatic carbocycles. The molecule has 1 unspecified atom stereocenters. The van der Waals surface area contributed by atoms with Crippen LogP contribution < -0.4 is 5.32 Å². The minimum absolute atomic E-state index is 0.555. The first-order valence-corrected chi connectivity index (χ1v) is 8.01. The lowest BCUT2D eigenvalue weighted by molar-refractivity contribution is 0.394. The van der Waals surface area contributed by atoms with Gasteiger partial charge in [-0.1, -0.05) is 12.1 Å². The Kier molecular flexibility index (Phi) is 4.24. The van der Waals surface area contributed by atoms with Gasteiger partial charge in [-0.25, -0.2) is 4.31 Å². The molecule has 1 fully saturated rings. The maximum Gasteiger partial charge on any atom is 0.0346 e. The normalized spacial score (nSPS) is 21.0. The SMILES string of the molecule is Cc1cncc2cccc(SN3CCCNCC3C)c12. The Balaban J connectivity index is 1.94. The Hall–Kier alpha value is -1.10. The Morgan fingerprint density at radius 1 is 1.35 bits per heavy atom. The van der Waals surface area contributed by atoms with Gasteiger partial charge in [-0.05, 0) is 50.4 Å². The number of aromatic nitrogens is 1. The van der Waals surface area contributed by atoms with Gasteiger partial charge in [-0.15, -0.1) is 0 Å². The van der Waals surface area contributed by atoms with Crippen LogP contribution in [0.15, 0.2) is 35.5 Å². The predicted octanol–water partition coefficient (Wildman–Crippen LogP) is 3.23. The van der Waals surface area contributed by atoms with Crippen molar-refractivity contribution in [2.24, 2.45) is 0 Å². The van der Waals surface area contributed by atoms with E-state index in [0.29, 0.717) is 6.04 Å². The lowest BCUT2D eigenvalue weighted by Gasteiger charge is -2.25. The van der Waals surface area contributed by atoms with Crippen LogP contribution in [0.4, 0.5) is 0 Å². The van der Waals surface area contributed by atoms with E-state index in [9.17, 15) is 0 Å². The van der Waals surface area contributed by atoms with E-state index >= 15 is 0 Å². The fourth-order valence-electron chi connectivity index (χ4n) is 2.70. The second-order valence-corrected chi connectivity index (χ2v) is 6.54. The molecule has 106 valence electrons. The Morgan fingerprint density at radius 3 is 3.15 bits per heavy atom. The summed E-state index contributed by atoms with van der Waals surface area (Å²) in [5.41, 5.74) is 1.26. The summed E-state index contributed by atoms with van der Waals surface area (Å²) in [5.74, 6) is 0. The largest absolute Gasteiger partial charge is 0.315 e. The molecule has 0 spiro atoms. The summed E-state index contributed by atoms with van der Waals surface area (Å²) < 4.78 is 2.51. The first-order valence-electron chi connectivity index (χ1n) is 7.24. The van der Waals surface area contributed by atoms with Gasteiger partial charge in [0.25, 0.3) is 0 Å². The van der Waals surface area contributed by atoms with Crippen LogP contribution in [0.1, 0.15) is 18.9 Å². The Labute approximate surface area is 124 Å². The molecule has 0 bridgehead atoms. The standard InChI is InChI=1S/C16H21N3S/c1-12-9-18-11-14-5-3-6-15(16(12)14)20-19-8-4-7-17-10-13(19)2/h3,5-6,9,11,13,17H,4,7-8,10H2,1-2H3. The molecule has 0 radical (unpaired) electrons. The van der Waals surface area contributed by atoms with Crippen LogP contribution in [0, 0.1) is 6.92 Å². The second kappa shape index (κ2) is 6.12. The third-order valence-electron chi connectivity index (χ3n) is 3.81. The minimum atomic E-state index is 0.555. The molecule has 3 nitrogen and oxygen atoms in total. The van der Waals surface area contributed by atoms with E-state index < -0.39 is 0 Å². The van der Waals surface area contributed by atoms with Gasteiger partial charge < -0.3 is 5.32 Å². The molecule has 0 saturated carbocycles. The van der Waals surface area contributed by atoms with Gasteiger partial charge in [-0.3, -0.25) is 4.98 Å². The van der Waals surface area contributed by atoms with E-state index in [1.165, 1.54) is 27.7 Å². The lowest BCUT2D eigenvalue weighted by atomic mass is 10.1. The maximum absolute atomic E-state index is 4.30. The number of fused-ring (bicyclic) bond motifs is 1. The molecule has 2 aromatic rings. The highest BCUT2D eigenvalue weighted by Gasteiger charge is 2.18. The highest BCUT2D eigenvalue weighted by molar-refractivity contribution is 7.97. The molecule has 4 heteroatoms. The molecular weight excluding hydrogens is 266 g/mol. The van der Waals surface area contributed by atoms with E-state index in [-0.39, 0.29) is 0 Å². The van der Waals surface area contributed by atoms with Gasteiger partial charge in [0.05, 0.1) is 0 Å². The molecule has 1 atom stereocenters. The number of rotatable bonds is 2. The minimum Gasteiger partial charge on any atom is -0.315 e. The summed E-state index contributed by atoms with van der Waals surface area (Å²) in [5, 5.41) is 6.07. The molecule has 2 heterocycles. The van der Waals surface area contributed by atoms with Crippen LogP contribution in [0.2, 0.25) is 0 Å². The van der Waals surface area contributed by atoms with Crippen LogP contribution in [0.25, 0.3) is 10.8 Å². The third-order valence-corrected chi connectivity index (χ3v) is 5.13. The van der Waals surface area contributed by atoms with E-state index in [1.54, 1.807) is 0 Å². The average Bonchev–Trinajstić information content (AvgIpc) is 2.65.